The van der Waals surface area contributed by atoms with Crippen molar-refractivity contribution in [2.45, 2.75) is 32.4 Å². The third kappa shape index (κ3) is 4.55. The normalized spacial score (nSPS) is 11.7. The van der Waals surface area contributed by atoms with Gasteiger partial charge in [0.1, 0.15) is 12.5 Å². The van der Waals surface area contributed by atoms with Crippen LogP contribution in [0.15, 0.2) is 24.4 Å². The molecule has 0 radical (unpaired) electrons. The molecule has 1 aromatic carbocycles. The summed E-state index contributed by atoms with van der Waals surface area (Å²) in [5, 5.41) is 3.87. The molecule has 23 heavy (non-hydrogen) atoms. The molecule has 2 N–H and O–H groups in total. The number of hydrogen-bond acceptors (Lipinski definition) is 4. The Bertz CT molecular complexity index is 668. The standard InChI is InChI=1S/C16H24FN3O2Si/c1-21-15-12(6-5-7-14(15)18)13-10-20(19-16(13)17)11-22-8-9-23(2,3)4/h5-7,10H,8-9,11,18H2,1-4H3. The van der Waals surface area contributed by atoms with Gasteiger partial charge < -0.3 is 15.2 Å². The van der Waals surface area contributed by atoms with Crippen molar-refractivity contribution >= 4 is 13.8 Å². The molecule has 0 aliphatic carbocycles. The number of methoxy groups -OCH3 is 1. The van der Waals surface area contributed by atoms with Crippen molar-refractivity contribution in [3.8, 4) is 16.9 Å². The minimum Gasteiger partial charge on any atom is -0.494 e. The molecule has 2 aromatic rings. The number of nitrogens with zero attached hydrogens (tertiary/aromatic N) is 2. The number of anilines is 1. The van der Waals surface area contributed by atoms with Gasteiger partial charge in [0.15, 0.2) is 0 Å². The van der Waals surface area contributed by atoms with Crippen LogP contribution in [0.4, 0.5) is 10.1 Å². The molecule has 0 saturated heterocycles. The molecule has 126 valence electrons. The van der Waals surface area contributed by atoms with Gasteiger partial charge in [0.05, 0.1) is 18.4 Å². The summed E-state index contributed by atoms with van der Waals surface area (Å²) >= 11 is 0. The molecular weight excluding hydrogens is 313 g/mol. The minimum atomic E-state index is -1.13. The number of halogens is 1. The molecule has 0 aliphatic rings. The highest BCUT2D eigenvalue weighted by Crippen LogP contribution is 2.35. The number of aromatic nitrogens is 2. The van der Waals surface area contributed by atoms with Crippen LogP contribution in [0.25, 0.3) is 11.1 Å². The molecule has 0 amide bonds. The third-order valence-electron chi connectivity index (χ3n) is 3.48. The first kappa shape index (κ1) is 17.5. The second kappa shape index (κ2) is 7.14. The van der Waals surface area contributed by atoms with Crippen LogP contribution in [-0.2, 0) is 11.5 Å². The number of nitrogen functional groups attached to an aromatic ring is 1. The Morgan fingerprint density at radius 3 is 2.65 bits per heavy atom. The fourth-order valence-electron chi connectivity index (χ4n) is 2.18. The van der Waals surface area contributed by atoms with Crippen LogP contribution < -0.4 is 10.5 Å². The van der Waals surface area contributed by atoms with Crippen molar-refractivity contribution in [3.05, 3.63) is 30.3 Å². The van der Waals surface area contributed by atoms with E-state index < -0.39 is 14.0 Å². The van der Waals surface area contributed by atoms with E-state index in [4.69, 9.17) is 15.2 Å². The molecule has 0 atom stereocenters. The van der Waals surface area contributed by atoms with E-state index in [1.165, 1.54) is 11.8 Å². The second-order valence-corrected chi connectivity index (χ2v) is 12.3. The van der Waals surface area contributed by atoms with E-state index in [0.717, 1.165) is 6.04 Å². The molecule has 0 unspecified atom stereocenters. The van der Waals surface area contributed by atoms with E-state index in [0.29, 0.717) is 29.2 Å². The van der Waals surface area contributed by atoms with Crippen LogP contribution in [0.2, 0.25) is 25.7 Å². The second-order valence-electron chi connectivity index (χ2n) is 6.65. The first-order valence-corrected chi connectivity index (χ1v) is 11.3. The zero-order valence-electron chi connectivity index (χ0n) is 14.1. The number of para-hydroxylation sites is 1. The van der Waals surface area contributed by atoms with Gasteiger partial charge in [0.2, 0.25) is 5.95 Å². The summed E-state index contributed by atoms with van der Waals surface area (Å²) in [5.41, 5.74) is 7.26. The van der Waals surface area contributed by atoms with Crippen molar-refractivity contribution in [1.82, 2.24) is 9.78 Å². The van der Waals surface area contributed by atoms with Crippen molar-refractivity contribution < 1.29 is 13.9 Å². The molecule has 7 heteroatoms. The van der Waals surface area contributed by atoms with Crippen LogP contribution in [0.5, 0.6) is 5.75 Å². The Morgan fingerprint density at radius 1 is 1.26 bits per heavy atom. The topological polar surface area (TPSA) is 62.3 Å². The van der Waals surface area contributed by atoms with Gasteiger partial charge in [-0.1, -0.05) is 31.8 Å². The van der Waals surface area contributed by atoms with Gasteiger partial charge in [-0.3, -0.25) is 0 Å². The van der Waals surface area contributed by atoms with Gasteiger partial charge in [0, 0.05) is 26.4 Å². The smallest absolute Gasteiger partial charge is 0.240 e. The van der Waals surface area contributed by atoms with Crippen LogP contribution in [0, 0.1) is 5.95 Å². The van der Waals surface area contributed by atoms with Crippen LogP contribution in [-0.4, -0.2) is 31.6 Å². The van der Waals surface area contributed by atoms with E-state index >= 15 is 0 Å². The number of nitrogens with two attached hydrogens (primary N) is 1. The predicted molar refractivity (Wildman–Crippen MR) is 92.7 cm³/mol. The van der Waals surface area contributed by atoms with Crippen LogP contribution in [0.1, 0.15) is 0 Å². The lowest BCUT2D eigenvalue weighted by Crippen LogP contribution is -2.22. The molecule has 0 spiro atoms. The van der Waals surface area contributed by atoms with Crippen molar-refractivity contribution in [2.75, 3.05) is 19.5 Å². The lowest BCUT2D eigenvalue weighted by atomic mass is 10.1. The number of ether oxygens (including phenoxy) is 2. The highest BCUT2D eigenvalue weighted by atomic mass is 28.3. The Hall–Kier alpha value is -1.86. The Morgan fingerprint density at radius 2 is 2.00 bits per heavy atom. The Labute approximate surface area is 137 Å². The van der Waals surface area contributed by atoms with Crippen molar-refractivity contribution in [3.63, 3.8) is 0 Å². The fraction of sp³-hybridized carbons (Fsp3) is 0.438. The van der Waals surface area contributed by atoms with E-state index in [1.54, 1.807) is 24.4 Å². The monoisotopic (exact) mass is 337 g/mol. The quantitative estimate of drug-likeness (QED) is 0.476. The maximum absolute atomic E-state index is 14.2. The molecular formula is C16H24FN3O2Si. The molecule has 0 aliphatic heterocycles. The molecule has 5 nitrogen and oxygen atoms in total. The van der Waals surface area contributed by atoms with Gasteiger partial charge >= 0.3 is 0 Å². The molecule has 0 fully saturated rings. The van der Waals surface area contributed by atoms with E-state index in [9.17, 15) is 4.39 Å². The largest absolute Gasteiger partial charge is 0.494 e. The van der Waals surface area contributed by atoms with Gasteiger partial charge in [-0.05, 0) is 12.1 Å². The number of rotatable bonds is 7. The minimum absolute atomic E-state index is 0.228. The molecule has 0 saturated carbocycles. The summed E-state index contributed by atoms with van der Waals surface area (Å²) in [4.78, 5) is 0. The van der Waals surface area contributed by atoms with Crippen LogP contribution >= 0.6 is 0 Å². The highest BCUT2D eigenvalue weighted by Gasteiger charge is 2.17. The first-order chi connectivity index (χ1) is 10.8. The number of benzene rings is 1. The summed E-state index contributed by atoms with van der Waals surface area (Å²) in [5.74, 6) is -0.117. The lowest BCUT2D eigenvalue weighted by Gasteiger charge is -2.15. The summed E-state index contributed by atoms with van der Waals surface area (Å²) in [6.07, 6.45) is 1.61. The Kier molecular flexibility index (Phi) is 5.43. The van der Waals surface area contributed by atoms with Gasteiger partial charge in [-0.2, -0.15) is 4.39 Å². The zero-order chi connectivity index (χ0) is 17.0. The van der Waals surface area contributed by atoms with Gasteiger partial charge in [-0.25, -0.2) is 4.68 Å². The molecule has 0 bridgehead atoms. The summed E-state index contributed by atoms with van der Waals surface area (Å²) in [6, 6.07) is 6.29. The van der Waals surface area contributed by atoms with Crippen LogP contribution in [0.3, 0.4) is 0 Å². The van der Waals surface area contributed by atoms with Gasteiger partial charge in [-0.15, -0.1) is 5.10 Å². The van der Waals surface area contributed by atoms with E-state index in [1.807, 2.05) is 0 Å². The number of hydrogen-bond donors (Lipinski definition) is 1. The predicted octanol–water partition coefficient (Wildman–Crippen LogP) is 3.59. The molecule has 1 heterocycles. The van der Waals surface area contributed by atoms with Crippen molar-refractivity contribution in [2.24, 2.45) is 0 Å². The first-order valence-electron chi connectivity index (χ1n) is 7.55. The summed E-state index contributed by atoms with van der Waals surface area (Å²) in [7, 11) is 0.379. The molecule has 2 rings (SSSR count). The molecule has 1 aromatic heterocycles. The van der Waals surface area contributed by atoms with Gasteiger partial charge in [0.25, 0.3) is 0 Å². The average Bonchev–Trinajstić information content (AvgIpc) is 2.83. The SMILES string of the molecule is COc1c(N)cccc1-c1cn(COCC[Si](C)(C)C)nc1F. The third-order valence-corrected chi connectivity index (χ3v) is 5.18. The zero-order valence-corrected chi connectivity index (χ0v) is 15.1. The van der Waals surface area contributed by atoms with Crippen molar-refractivity contribution in [1.29, 1.82) is 0 Å². The Balaban J connectivity index is 2.11. The average molecular weight is 337 g/mol. The maximum Gasteiger partial charge on any atom is 0.240 e. The highest BCUT2D eigenvalue weighted by molar-refractivity contribution is 6.76. The van der Waals surface area contributed by atoms with E-state index in [2.05, 4.69) is 24.7 Å². The summed E-state index contributed by atoms with van der Waals surface area (Å²) in [6.45, 7) is 7.75. The maximum atomic E-state index is 14.2. The van der Waals surface area contributed by atoms with E-state index in [-0.39, 0.29) is 6.73 Å². The fourth-order valence-corrected chi connectivity index (χ4v) is 2.93. The summed E-state index contributed by atoms with van der Waals surface area (Å²) < 4.78 is 26.5. The lowest BCUT2D eigenvalue weighted by molar-refractivity contribution is 0.0774.